The van der Waals surface area contributed by atoms with Crippen LogP contribution in [0.4, 0.5) is 5.82 Å². The summed E-state index contributed by atoms with van der Waals surface area (Å²) in [4.78, 5) is 6.83. The van der Waals surface area contributed by atoms with Gasteiger partial charge in [0.25, 0.3) is 0 Å². The van der Waals surface area contributed by atoms with Crippen LogP contribution in [0.25, 0.3) is 0 Å². The summed E-state index contributed by atoms with van der Waals surface area (Å²) >= 11 is 6.15. The molecule has 1 aromatic rings. The van der Waals surface area contributed by atoms with Crippen LogP contribution in [0.1, 0.15) is 26.5 Å². The van der Waals surface area contributed by atoms with Gasteiger partial charge in [-0.15, -0.1) is 6.58 Å². The molecule has 0 bridgehead atoms. The number of aromatic nitrogens is 1. The van der Waals surface area contributed by atoms with Crippen molar-refractivity contribution in [2.75, 3.05) is 18.0 Å². The highest BCUT2D eigenvalue weighted by molar-refractivity contribution is 6.31. The molecule has 0 aliphatic heterocycles. The molecule has 1 aromatic heterocycles. The lowest BCUT2D eigenvalue weighted by atomic mass is 10.2. The molecular weight excluding hydrogens is 246 g/mol. The minimum Gasteiger partial charge on any atom is -0.350 e. The van der Waals surface area contributed by atoms with Crippen molar-refractivity contribution in [3.05, 3.63) is 35.5 Å². The van der Waals surface area contributed by atoms with Crippen LogP contribution in [0.5, 0.6) is 0 Å². The first kappa shape index (κ1) is 15.0. The SMILES string of the molecule is C=CCN(c1ccc(Cl)c(CNCC)n1)C(C)C. The molecule has 3 nitrogen and oxygen atoms in total. The number of hydrogen-bond donors (Lipinski definition) is 1. The molecule has 0 atom stereocenters. The number of anilines is 1. The second-order valence-corrected chi connectivity index (χ2v) is 4.82. The molecule has 1 N–H and O–H groups in total. The van der Waals surface area contributed by atoms with E-state index in [4.69, 9.17) is 11.6 Å². The number of halogens is 1. The molecule has 0 aromatic carbocycles. The first-order chi connectivity index (χ1) is 8.60. The predicted octanol–water partition coefficient (Wildman–Crippen LogP) is 3.25. The Hall–Kier alpha value is -1.06. The fraction of sp³-hybridized carbons (Fsp3) is 0.500. The summed E-state index contributed by atoms with van der Waals surface area (Å²) in [5.41, 5.74) is 0.894. The van der Waals surface area contributed by atoms with Crippen molar-refractivity contribution < 1.29 is 0 Å². The van der Waals surface area contributed by atoms with E-state index in [9.17, 15) is 0 Å². The van der Waals surface area contributed by atoms with E-state index in [1.54, 1.807) is 0 Å². The van der Waals surface area contributed by atoms with E-state index in [2.05, 4.69) is 42.6 Å². The molecule has 0 saturated heterocycles. The van der Waals surface area contributed by atoms with Gasteiger partial charge in [-0.1, -0.05) is 24.6 Å². The minimum absolute atomic E-state index is 0.378. The molecule has 0 aliphatic rings. The van der Waals surface area contributed by atoms with Gasteiger partial charge in [0.2, 0.25) is 0 Å². The van der Waals surface area contributed by atoms with E-state index in [-0.39, 0.29) is 0 Å². The summed E-state index contributed by atoms with van der Waals surface area (Å²) in [7, 11) is 0. The maximum absolute atomic E-state index is 6.15. The Labute approximate surface area is 115 Å². The standard InChI is InChI=1S/C14H22ClN3/c1-5-9-18(11(3)4)14-8-7-12(15)13(17-14)10-16-6-2/h5,7-8,11,16H,1,6,9-10H2,2-4H3. The third-order valence-electron chi connectivity index (χ3n) is 2.69. The summed E-state index contributed by atoms with van der Waals surface area (Å²) in [6.07, 6.45) is 1.89. The van der Waals surface area contributed by atoms with Gasteiger partial charge in [0.1, 0.15) is 5.82 Å². The smallest absolute Gasteiger partial charge is 0.129 e. The molecule has 0 unspecified atom stereocenters. The van der Waals surface area contributed by atoms with E-state index in [1.165, 1.54) is 0 Å². The minimum atomic E-state index is 0.378. The molecule has 0 fully saturated rings. The van der Waals surface area contributed by atoms with Crippen LogP contribution in [0.3, 0.4) is 0 Å². The molecule has 0 amide bonds. The molecule has 0 spiro atoms. The quantitative estimate of drug-likeness (QED) is 0.769. The van der Waals surface area contributed by atoms with Gasteiger partial charge in [-0.05, 0) is 32.5 Å². The lowest BCUT2D eigenvalue weighted by Crippen LogP contribution is -2.31. The first-order valence-electron chi connectivity index (χ1n) is 6.33. The van der Waals surface area contributed by atoms with Gasteiger partial charge in [-0.25, -0.2) is 4.98 Å². The fourth-order valence-corrected chi connectivity index (χ4v) is 1.88. The Bertz CT molecular complexity index is 391. The monoisotopic (exact) mass is 267 g/mol. The van der Waals surface area contributed by atoms with Crippen molar-refractivity contribution in [2.45, 2.75) is 33.4 Å². The maximum atomic E-state index is 6.15. The van der Waals surface area contributed by atoms with Crippen LogP contribution in [0, 0.1) is 0 Å². The van der Waals surface area contributed by atoms with Crippen molar-refractivity contribution in [2.24, 2.45) is 0 Å². The highest BCUT2D eigenvalue weighted by Crippen LogP contribution is 2.20. The summed E-state index contributed by atoms with van der Waals surface area (Å²) in [5.74, 6) is 0.946. The van der Waals surface area contributed by atoms with Gasteiger partial charge in [-0.2, -0.15) is 0 Å². The van der Waals surface area contributed by atoms with E-state index in [1.807, 2.05) is 18.2 Å². The van der Waals surface area contributed by atoms with Crippen molar-refractivity contribution >= 4 is 17.4 Å². The fourth-order valence-electron chi connectivity index (χ4n) is 1.71. The van der Waals surface area contributed by atoms with Crippen molar-refractivity contribution in [1.29, 1.82) is 0 Å². The molecule has 0 radical (unpaired) electrons. The molecule has 0 aliphatic carbocycles. The van der Waals surface area contributed by atoms with Crippen LogP contribution >= 0.6 is 11.6 Å². The van der Waals surface area contributed by atoms with Gasteiger partial charge >= 0.3 is 0 Å². The number of hydrogen-bond acceptors (Lipinski definition) is 3. The highest BCUT2D eigenvalue weighted by Gasteiger charge is 2.12. The number of nitrogens with zero attached hydrogens (tertiary/aromatic N) is 2. The molecule has 0 saturated carbocycles. The third-order valence-corrected chi connectivity index (χ3v) is 3.03. The Balaban J connectivity index is 2.97. The van der Waals surface area contributed by atoms with E-state index >= 15 is 0 Å². The maximum Gasteiger partial charge on any atom is 0.129 e. The summed E-state index contributed by atoms with van der Waals surface area (Å²) < 4.78 is 0. The first-order valence-corrected chi connectivity index (χ1v) is 6.71. The second-order valence-electron chi connectivity index (χ2n) is 4.41. The van der Waals surface area contributed by atoms with Crippen LogP contribution in [-0.2, 0) is 6.54 Å². The molecule has 100 valence electrons. The molecule has 1 heterocycles. The lowest BCUT2D eigenvalue weighted by molar-refractivity contribution is 0.689. The average Bonchev–Trinajstić information content (AvgIpc) is 2.35. The molecular formula is C14H22ClN3. The summed E-state index contributed by atoms with van der Waals surface area (Å²) in [6, 6.07) is 4.25. The van der Waals surface area contributed by atoms with Gasteiger partial charge in [0.05, 0.1) is 10.7 Å². The zero-order chi connectivity index (χ0) is 13.5. The Kier molecular flexibility index (Phi) is 6.16. The zero-order valence-corrected chi connectivity index (χ0v) is 12.2. The lowest BCUT2D eigenvalue weighted by Gasteiger charge is -2.27. The van der Waals surface area contributed by atoms with Gasteiger partial charge in [-0.3, -0.25) is 0 Å². The molecule has 18 heavy (non-hydrogen) atoms. The average molecular weight is 268 g/mol. The molecule has 4 heteroatoms. The van der Waals surface area contributed by atoms with E-state index in [0.29, 0.717) is 17.6 Å². The van der Waals surface area contributed by atoms with Crippen LogP contribution in [0.2, 0.25) is 5.02 Å². The van der Waals surface area contributed by atoms with Crippen LogP contribution in [-0.4, -0.2) is 24.1 Å². The van der Waals surface area contributed by atoms with Crippen molar-refractivity contribution in [3.8, 4) is 0 Å². The van der Waals surface area contributed by atoms with Gasteiger partial charge in [0.15, 0.2) is 0 Å². The number of nitrogens with one attached hydrogen (secondary N) is 1. The van der Waals surface area contributed by atoms with Crippen molar-refractivity contribution in [1.82, 2.24) is 10.3 Å². The van der Waals surface area contributed by atoms with Gasteiger partial charge in [0, 0.05) is 19.1 Å². The summed E-state index contributed by atoms with van der Waals surface area (Å²) in [6.45, 7) is 12.5. The van der Waals surface area contributed by atoms with Gasteiger partial charge < -0.3 is 10.2 Å². The number of pyridine rings is 1. The Morgan fingerprint density at radius 3 is 2.78 bits per heavy atom. The largest absolute Gasteiger partial charge is 0.350 e. The normalized spacial score (nSPS) is 10.7. The van der Waals surface area contributed by atoms with E-state index < -0.39 is 0 Å². The zero-order valence-electron chi connectivity index (χ0n) is 11.4. The number of rotatable bonds is 7. The Morgan fingerprint density at radius 2 is 2.22 bits per heavy atom. The second kappa shape index (κ2) is 7.39. The third kappa shape index (κ3) is 4.00. The topological polar surface area (TPSA) is 28.2 Å². The van der Waals surface area contributed by atoms with Crippen LogP contribution in [0.15, 0.2) is 24.8 Å². The summed E-state index contributed by atoms with van der Waals surface area (Å²) in [5, 5.41) is 3.96. The highest BCUT2D eigenvalue weighted by atomic mass is 35.5. The predicted molar refractivity (Wildman–Crippen MR) is 79.3 cm³/mol. The Morgan fingerprint density at radius 1 is 1.50 bits per heavy atom. The van der Waals surface area contributed by atoms with Crippen LogP contribution < -0.4 is 10.2 Å². The van der Waals surface area contributed by atoms with Crippen molar-refractivity contribution in [3.63, 3.8) is 0 Å². The molecule has 1 rings (SSSR count). The van der Waals surface area contributed by atoms with E-state index in [0.717, 1.165) is 24.6 Å².